The average Bonchev–Trinajstić information content (AvgIpc) is 3.34. The first-order valence-corrected chi connectivity index (χ1v) is 11.4. The standard InChI is InChI=1S/C25H31N5O4/c26-29-16-20-10-8-19(9-11-20)15-28-24(33)22-7-4-14-30(22)25(34)21(27-17-23(31)32)13-12-18-5-2-1-3-6-18/h1-3,5-6,8-11,16,21-22,27H,4,7,12-15,17,26H2,(H,28,33)(H,31,32)/t21-,22+/m1/s1. The second-order valence-electron chi connectivity index (χ2n) is 8.28. The molecule has 1 saturated heterocycles. The molecule has 0 radical (unpaired) electrons. The van der Waals surface area contributed by atoms with Crippen molar-refractivity contribution in [3.05, 3.63) is 71.3 Å². The zero-order valence-electron chi connectivity index (χ0n) is 19.0. The molecule has 1 heterocycles. The minimum absolute atomic E-state index is 0.210. The Bertz CT molecular complexity index is 994. The quantitative estimate of drug-likeness (QED) is 0.224. The Balaban J connectivity index is 1.61. The SMILES string of the molecule is NN=Cc1ccc(CNC(=O)[C@@H]2CCCN2C(=O)[C@@H](CCc2ccccc2)NCC(=O)O)cc1. The number of hydrogen-bond donors (Lipinski definition) is 4. The molecule has 0 aromatic heterocycles. The third kappa shape index (κ3) is 7.14. The molecule has 2 aromatic rings. The van der Waals surface area contributed by atoms with Crippen molar-refractivity contribution in [2.45, 2.75) is 44.3 Å². The molecule has 0 aliphatic carbocycles. The predicted molar refractivity (Wildman–Crippen MR) is 129 cm³/mol. The normalized spacial score (nSPS) is 16.5. The lowest BCUT2D eigenvalue weighted by atomic mass is 10.0. The Labute approximate surface area is 199 Å². The van der Waals surface area contributed by atoms with E-state index in [0.29, 0.717) is 32.4 Å². The maximum absolute atomic E-state index is 13.3. The first-order valence-electron chi connectivity index (χ1n) is 11.4. The maximum Gasteiger partial charge on any atom is 0.317 e. The number of nitrogens with one attached hydrogen (secondary N) is 2. The first-order chi connectivity index (χ1) is 16.5. The largest absolute Gasteiger partial charge is 0.480 e. The summed E-state index contributed by atoms with van der Waals surface area (Å²) in [5.41, 5.74) is 2.85. The fourth-order valence-electron chi connectivity index (χ4n) is 4.10. The number of aliphatic carboxylic acids is 1. The molecule has 2 aromatic carbocycles. The highest BCUT2D eigenvalue weighted by Gasteiger charge is 2.37. The molecule has 1 fully saturated rings. The van der Waals surface area contributed by atoms with Crippen LogP contribution in [0.4, 0.5) is 0 Å². The second-order valence-corrected chi connectivity index (χ2v) is 8.28. The number of carbonyl (C=O) groups excluding carboxylic acids is 2. The van der Waals surface area contributed by atoms with Crippen LogP contribution in [0.3, 0.4) is 0 Å². The molecule has 1 aliphatic heterocycles. The lowest BCUT2D eigenvalue weighted by molar-refractivity contribution is -0.141. The van der Waals surface area contributed by atoms with Crippen molar-refractivity contribution in [1.82, 2.24) is 15.5 Å². The Hall–Kier alpha value is -3.72. The highest BCUT2D eigenvalue weighted by atomic mass is 16.4. The molecule has 0 unspecified atom stereocenters. The molecule has 34 heavy (non-hydrogen) atoms. The van der Waals surface area contributed by atoms with Gasteiger partial charge in [-0.1, -0.05) is 54.6 Å². The van der Waals surface area contributed by atoms with Gasteiger partial charge >= 0.3 is 5.97 Å². The summed E-state index contributed by atoms with van der Waals surface area (Å²) in [6, 6.07) is 15.9. The van der Waals surface area contributed by atoms with Crippen molar-refractivity contribution in [2.24, 2.45) is 10.9 Å². The van der Waals surface area contributed by atoms with Crippen molar-refractivity contribution >= 4 is 24.0 Å². The number of carboxylic acids is 1. The van der Waals surface area contributed by atoms with Crippen LogP contribution in [0, 0.1) is 0 Å². The number of nitrogens with two attached hydrogens (primary N) is 1. The van der Waals surface area contributed by atoms with Crippen LogP contribution in [-0.4, -0.2) is 59.2 Å². The van der Waals surface area contributed by atoms with Crippen LogP contribution in [0.1, 0.15) is 36.0 Å². The van der Waals surface area contributed by atoms with Gasteiger partial charge in [0.2, 0.25) is 11.8 Å². The van der Waals surface area contributed by atoms with Crippen LogP contribution >= 0.6 is 0 Å². The van der Waals surface area contributed by atoms with Crippen LogP contribution in [0.25, 0.3) is 0 Å². The Kier molecular flexibility index (Phi) is 9.16. The maximum atomic E-state index is 13.3. The number of benzene rings is 2. The van der Waals surface area contributed by atoms with Gasteiger partial charge in [0, 0.05) is 13.1 Å². The third-order valence-corrected chi connectivity index (χ3v) is 5.87. The molecule has 180 valence electrons. The summed E-state index contributed by atoms with van der Waals surface area (Å²) in [5.74, 6) is 3.68. The number of amides is 2. The third-order valence-electron chi connectivity index (χ3n) is 5.87. The molecule has 0 spiro atoms. The van der Waals surface area contributed by atoms with Crippen LogP contribution < -0.4 is 16.5 Å². The van der Waals surface area contributed by atoms with Crippen molar-refractivity contribution in [2.75, 3.05) is 13.1 Å². The fourth-order valence-corrected chi connectivity index (χ4v) is 4.10. The van der Waals surface area contributed by atoms with Gasteiger partial charge in [0.1, 0.15) is 6.04 Å². The summed E-state index contributed by atoms with van der Waals surface area (Å²) in [6.45, 7) is 0.494. The Morgan fingerprint density at radius 3 is 2.53 bits per heavy atom. The van der Waals surface area contributed by atoms with Gasteiger partial charge in [-0.2, -0.15) is 5.10 Å². The number of hydrazone groups is 1. The van der Waals surface area contributed by atoms with Crippen molar-refractivity contribution in [3.8, 4) is 0 Å². The minimum Gasteiger partial charge on any atom is -0.480 e. The molecular weight excluding hydrogens is 434 g/mol. The van der Waals surface area contributed by atoms with Crippen molar-refractivity contribution in [1.29, 1.82) is 0 Å². The molecule has 3 rings (SSSR count). The summed E-state index contributed by atoms with van der Waals surface area (Å²) in [4.78, 5) is 38.9. The zero-order valence-corrected chi connectivity index (χ0v) is 19.0. The van der Waals surface area contributed by atoms with Gasteiger partial charge in [0.05, 0.1) is 18.8 Å². The molecule has 9 nitrogen and oxygen atoms in total. The lowest BCUT2D eigenvalue weighted by Gasteiger charge is -2.28. The van der Waals surface area contributed by atoms with E-state index in [4.69, 9.17) is 10.9 Å². The number of hydrogen-bond acceptors (Lipinski definition) is 6. The zero-order chi connectivity index (χ0) is 24.3. The number of carbonyl (C=O) groups is 3. The van der Waals surface area contributed by atoms with Gasteiger partial charge in [-0.05, 0) is 42.4 Å². The molecule has 0 bridgehead atoms. The van der Waals surface area contributed by atoms with Gasteiger partial charge < -0.3 is 21.2 Å². The van der Waals surface area contributed by atoms with E-state index < -0.39 is 18.1 Å². The van der Waals surface area contributed by atoms with Crippen molar-refractivity contribution in [3.63, 3.8) is 0 Å². The van der Waals surface area contributed by atoms with Gasteiger partial charge in [-0.25, -0.2) is 0 Å². The smallest absolute Gasteiger partial charge is 0.317 e. The summed E-state index contributed by atoms with van der Waals surface area (Å²) in [5, 5.41) is 18.4. The number of carboxylic acid groups (broad SMARTS) is 1. The highest BCUT2D eigenvalue weighted by molar-refractivity contribution is 5.90. The van der Waals surface area contributed by atoms with E-state index in [-0.39, 0.29) is 18.4 Å². The van der Waals surface area contributed by atoms with Gasteiger partial charge in [0.15, 0.2) is 0 Å². The van der Waals surface area contributed by atoms with E-state index in [2.05, 4.69) is 15.7 Å². The summed E-state index contributed by atoms with van der Waals surface area (Å²) >= 11 is 0. The van der Waals surface area contributed by atoms with E-state index in [0.717, 1.165) is 23.1 Å². The highest BCUT2D eigenvalue weighted by Crippen LogP contribution is 2.20. The number of likely N-dealkylation sites (tertiary alicyclic amines) is 1. The van der Waals surface area contributed by atoms with Crippen LogP contribution in [0.15, 0.2) is 59.7 Å². The average molecular weight is 466 g/mol. The molecule has 1 aliphatic rings. The first kappa shape index (κ1) is 24.9. The van der Waals surface area contributed by atoms with Crippen molar-refractivity contribution < 1.29 is 19.5 Å². The molecular formula is C25H31N5O4. The van der Waals surface area contributed by atoms with E-state index in [1.54, 1.807) is 4.90 Å². The number of aryl methyl sites for hydroxylation is 1. The predicted octanol–water partition coefficient (Wildman–Crippen LogP) is 1.26. The summed E-state index contributed by atoms with van der Waals surface area (Å²) in [7, 11) is 0. The van der Waals surface area contributed by atoms with E-state index >= 15 is 0 Å². The van der Waals surface area contributed by atoms with Gasteiger partial charge in [-0.3, -0.25) is 19.7 Å². The Morgan fingerprint density at radius 2 is 1.85 bits per heavy atom. The molecule has 2 atom stereocenters. The van der Waals surface area contributed by atoms with Crippen LogP contribution in [0.2, 0.25) is 0 Å². The second kappa shape index (κ2) is 12.5. The van der Waals surface area contributed by atoms with Gasteiger partial charge in [-0.15, -0.1) is 0 Å². The monoisotopic (exact) mass is 465 g/mol. The molecule has 5 N–H and O–H groups in total. The Morgan fingerprint density at radius 1 is 1.12 bits per heavy atom. The van der Waals surface area contributed by atoms with Gasteiger partial charge in [0.25, 0.3) is 0 Å². The van der Waals surface area contributed by atoms with E-state index in [9.17, 15) is 14.4 Å². The topological polar surface area (TPSA) is 137 Å². The van der Waals surface area contributed by atoms with E-state index in [1.165, 1.54) is 6.21 Å². The summed E-state index contributed by atoms with van der Waals surface area (Å²) < 4.78 is 0. The van der Waals surface area contributed by atoms with E-state index in [1.807, 2.05) is 54.6 Å². The minimum atomic E-state index is -1.03. The molecule has 0 saturated carbocycles. The fraction of sp³-hybridized carbons (Fsp3) is 0.360. The number of rotatable bonds is 11. The number of nitrogens with zero attached hydrogens (tertiary/aromatic N) is 2. The molecule has 9 heteroatoms. The lowest BCUT2D eigenvalue weighted by Crippen LogP contribution is -2.53. The molecule has 2 amide bonds. The van der Waals surface area contributed by atoms with Crippen LogP contribution in [0.5, 0.6) is 0 Å². The van der Waals surface area contributed by atoms with Crippen LogP contribution in [-0.2, 0) is 27.3 Å². The summed E-state index contributed by atoms with van der Waals surface area (Å²) in [6.07, 6.45) is 3.91.